The number of carbonyl (C=O) groups is 2. The molecule has 0 saturated heterocycles. The zero-order chi connectivity index (χ0) is 20.7. The highest BCUT2D eigenvalue weighted by Crippen LogP contribution is 2.05. The number of nitrogens with zero attached hydrogens (tertiary/aromatic N) is 2. The summed E-state index contributed by atoms with van der Waals surface area (Å²) < 4.78 is 47.7. The number of hydrogen-bond donors (Lipinski definition) is 2. The molecule has 0 amide bonds. The van der Waals surface area contributed by atoms with Crippen LogP contribution in [0.1, 0.15) is 0 Å². The first kappa shape index (κ1) is 25.0. The zero-order valence-corrected chi connectivity index (χ0v) is 16.9. The van der Waals surface area contributed by atoms with Gasteiger partial charge in [-0.05, 0) is 0 Å². The first-order chi connectivity index (χ1) is 12.7. The van der Waals surface area contributed by atoms with Crippen molar-refractivity contribution in [1.82, 2.24) is 0 Å². The van der Waals surface area contributed by atoms with Crippen LogP contribution in [0.4, 0.5) is 0 Å². The molecule has 2 rings (SSSR count). The number of thioether (sulfide) groups is 2. The van der Waals surface area contributed by atoms with Gasteiger partial charge < -0.3 is 20.9 Å². The Kier molecular flexibility index (Phi) is 13.9. The summed E-state index contributed by atoms with van der Waals surface area (Å²) in [6.07, 6.45) is 0. The van der Waals surface area contributed by atoms with E-state index in [0.717, 1.165) is 34.9 Å². The predicted octanol–water partition coefficient (Wildman–Crippen LogP) is -2.51. The summed E-state index contributed by atoms with van der Waals surface area (Å²) in [4.78, 5) is 28.7. The van der Waals surface area contributed by atoms with E-state index < -0.39 is 39.3 Å². The highest BCUT2D eigenvalue weighted by atomic mass is 32.2. The van der Waals surface area contributed by atoms with Crippen molar-refractivity contribution in [2.75, 3.05) is 31.4 Å². The fourth-order valence-electron chi connectivity index (χ4n) is 1.07. The average molecular weight is 461 g/mol. The normalized spacial score (nSPS) is 14.1. The summed E-state index contributed by atoms with van der Waals surface area (Å²) in [5, 5.41) is 1.91. The number of aliphatic imine (C=N–C) groups is 2. The monoisotopic (exact) mass is 460 g/mol. The molecule has 0 aromatic carbocycles. The van der Waals surface area contributed by atoms with E-state index in [1.54, 1.807) is 23.5 Å². The van der Waals surface area contributed by atoms with Crippen LogP contribution >= 0.6 is 23.5 Å². The van der Waals surface area contributed by atoms with E-state index in [4.69, 9.17) is 11.5 Å². The molecule has 2 aliphatic rings. The van der Waals surface area contributed by atoms with E-state index in [1.807, 2.05) is 0 Å². The first-order valence-electron chi connectivity index (χ1n) is 6.75. The fraction of sp³-hybridized carbons (Fsp3) is 0.455. The summed E-state index contributed by atoms with van der Waals surface area (Å²) in [5.41, 5.74) is 10.5. The standard InChI is InChI=1S/C5H4O8S2.2C3H6N2S/c6-4(1-14(8)9)12-3-13-5(7)2-15(10)11;2*4-3-5-1-2-6-3/h1-2H,3H2;2*1-2H2,(H2,4,5). The molecular formula is C11H16N4O8S4. The van der Waals surface area contributed by atoms with Crippen molar-refractivity contribution >= 4 is 77.1 Å². The SMILES string of the molecule is NC1=NCCS1.NC1=NCCS1.O=C(C=S(=O)=O)OCOC(=O)C=S(=O)=O. The molecule has 0 spiro atoms. The second-order valence-corrected chi connectivity index (χ2v) is 7.68. The number of ether oxygens (including phenoxy) is 2. The van der Waals surface area contributed by atoms with Crippen LogP contribution in [0.25, 0.3) is 0 Å². The third-order valence-electron chi connectivity index (χ3n) is 2.01. The van der Waals surface area contributed by atoms with E-state index in [0.29, 0.717) is 0 Å². The largest absolute Gasteiger partial charge is 0.424 e. The van der Waals surface area contributed by atoms with Gasteiger partial charge in [-0.2, -0.15) is 16.8 Å². The van der Waals surface area contributed by atoms with Crippen LogP contribution in [0.15, 0.2) is 9.98 Å². The van der Waals surface area contributed by atoms with E-state index in [1.165, 1.54) is 0 Å². The Bertz CT molecular complexity index is 762. The maximum absolute atomic E-state index is 10.5. The molecule has 152 valence electrons. The summed E-state index contributed by atoms with van der Waals surface area (Å²) >= 11 is 3.25. The topological polar surface area (TPSA) is 198 Å². The highest BCUT2D eigenvalue weighted by molar-refractivity contribution is 8.14. The minimum Gasteiger partial charge on any atom is -0.424 e. The van der Waals surface area contributed by atoms with Crippen LogP contribution in [0.3, 0.4) is 0 Å². The van der Waals surface area contributed by atoms with E-state index >= 15 is 0 Å². The van der Waals surface area contributed by atoms with Gasteiger partial charge in [0.15, 0.2) is 10.3 Å². The molecule has 0 saturated carbocycles. The summed E-state index contributed by atoms with van der Waals surface area (Å²) in [5.74, 6) is -0.323. The number of carbonyl (C=O) groups excluding carboxylic acids is 2. The molecule has 27 heavy (non-hydrogen) atoms. The molecule has 2 aliphatic heterocycles. The van der Waals surface area contributed by atoms with Gasteiger partial charge >= 0.3 is 11.9 Å². The second kappa shape index (κ2) is 15.1. The lowest BCUT2D eigenvalue weighted by atomic mass is 10.8. The number of rotatable bonds is 4. The molecule has 16 heteroatoms. The predicted molar refractivity (Wildman–Crippen MR) is 105 cm³/mol. The van der Waals surface area contributed by atoms with Gasteiger partial charge in [0.05, 0.1) is 13.1 Å². The molecule has 0 bridgehead atoms. The molecule has 0 fully saturated rings. The third kappa shape index (κ3) is 17.1. The number of nitrogens with two attached hydrogens (primary N) is 2. The minimum absolute atomic E-state index is 0.212. The summed E-state index contributed by atoms with van der Waals surface area (Å²) in [6.45, 7) is 0.950. The maximum Gasteiger partial charge on any atom is 0.349 e. The van der Waals surface area contributed by atoms with Crippen LogP contribution in [0.2, 0.25) is 0 Å². The van der Waals surface area contributed by atoms with Crippen LogP contribution in [-0.4, -0.2) is 81.2 Å². The van der Waals surface area contributed by atoms with Gasteiger partial charge in [-0.3, -0.25) is 9.98 Å². The number of hydrogen-bond acceptors (Lipinski definition) is 14. The van der Waals surface area contributed by atoms with Crippen LogP contribution < -0.4 is 11.5 Å². The van der Waals surface area contributed by atoms with Crippen molar-refractivity contribution in [3.63, 3.8) is 0 Å². The van der Waals surface area contributed by atoms with Crippen molar-refractivity contribution < 1.29 is 35.9 Å². The van der Waals surface area contributed by atoms with Crippen molar-refractivity contribution in [2.45, 2.75) is 0 Å². The molecule has 0 atom stereocenters. The lowest BCUT2D eigenvalue weighted by molar-refractivity contribution is -0.156. The number of esters is 2. The first-order valence-corrected chi connectivity index (χ1v) is 11.0. The Hall–Kier alpha value is -2.04. The molecule has 0 radical (unpaired) electrons. The molecular weight excluding hydrogens is 444 g/mol. The quantitative estimate of drug-likeness (QED) is 0.254. The van der Waals surface area contributed by atoms with Crippen LogP contribution in [-0.2, 0) is 39.6 Å². The van der Waals surface area contributed by atoms with Crippen molar-refractivity contribution in [3.05, 3.63) is 0 Å². The summed E-state index contributed by atoms with van der Waals surface area (Å²) in [6, 6.07) is 0. The Balaban J connectivity index is 0.000000452. The van der Waals surface area contributed by atoms with Crippen LogP contribution in [0, 0.1) is 0 Å². The van der Waals surface area contributed by atoms with Gasteiger partial charge in [0, 0.05) is 11.5 Å². The van der Waals surface area contributed by atoms with Gasteiger partial charge in [0.25, 0.3) is 0 Å². The van der Waals surface area contributed by atoms with Gasteiger partial charge in [0.2, 0.25) is 27.4 Å². The Morgan fingerprint density at radius 1 is 0.889 bits per heavy atom. The van der Waals surface area contributed by atoms with Gasteiger partial charge in [-0.1, -0.05) is 23.5 Å². The van der Waals surface area contributed by atoms with Gasteiger partial charge in [-0.25, -0.2) is 9.59 Å². The van der Waals surface area contributed by atoms with Gasteiger partial charge in [-0.15, -0.1) is 0 Å². The molecule has 2 heterocycles. The number of amidine groups is 2. The Morgan fingerprint density at radius 2 is 1.26 bits per heavy atom. The minimum atomic E-state index is -2.72. The average Bonchev–Trinajstić information content (AvgIpc) is 3.20. The molecule has 0 unspecified atom stereocenters. The van der Waals surface area contributed by atoms with Crippen LogP contribution in [0.5, 0.6) is 0 Å². The second-order valence-electron chi connectivity index (χ2n) is 3.94. The van der Waals surface area contributed by atoms with E-state index in [2.05, 4.69) is 19.5 Å². The van der Waals surface area contributed by atoms with Gasteiger partial charge in [0.1, 0.15) is 10.7 Å². The maximum atomic E-state index is 10.5. The lowest BCUT2D eigenvalue weighted by Crippen LogP contribution is -2.14. The molecule has 0 aliphatic carbocycles. The van der Waals surface area contributed by atoms with E-state index in [-0.39, 0.29) is 10.7 Å². The Morgan fingerprint density at radius 3 is 1.44 bits per heavy atom. The van der Waals surface area contributed by atoms with E-state index in [9.17, 15) is 26.4 Å². The van der Waals surface area contributed by atoms with Crippen molar-refractivity contribution in [2.24, 2.45) is 21.5 Å². The Labute approximate surface area is 165 Å². The van der Waals surface area contributed by atoms with Crippen molar-refractivity contribution in [3.8, 4) is 0 Å². The third-order valence-corrected chi connectivity index (χ3v) is 4.40. The lowest BCUT2D eigenvalue weighted by Gasteiger charge is -1.99. The fourth-order valence-corrected chi connectivity index (χ4v) is 2.67. The molecule has 0 aromatic rings. The van der Waals surface area contributed by atoms with Crippen molar-refractivity contribution in [1.29, 1.82) is 0 Å². The molecule has 12 nitrogen and oxygen atoms in total. The zero-order valence-electron chi connectivity index (χ0n) is 13.6. The highest BCUT2D eigenvalue weighted by Gasteiger charge is 2.02. The molecule has 4 N–H and O–H groups in total. The molecule has 0 aromatic heterocycles. The smallest absolute Gasteiger partial charge is 0.349 e. The summed E-state index contributed by atoms with van der Waals surface area (Å²) in [7, 11) is -5.43.